The molecular weight excluding hydrogens is 587 g/mol. The summed E-state index contributed by atoms with van der Waals surface area (Å²) in [6, 6.07) is 14.6. The molecule has 1 fully saturated rings. The molecule has 5 rings (SSSR count). The van der Waals surface area contributed by atoms with Crippen LogP contribution in [-0.2, 0) is 10.0 Å². The minimum Gasteiger partial charge on any atom is -0.493 e. The summed E-state index contributed by atoms with van der Waals surface area (Å²) in [6.45, 7) is 6.06. The van der Waals surface area contributed by atoms with Crippen LogP contribution in [0.2, 0.25) is 0 Å². The maximum Gasteiger partial charge on any atom is 0.276 e. The average molecular weight is 624 g/mol. The second kappa shape index (κ2) is 13.6. The Bertz CT molecular complexity index is 1770. The van der Waals surface area contributed by atoms with Gasteiger partial charge in [-0.05, 0) is 62.1 Å². The fourth-order valence-electron chi connectivity index (χ4n) is 5.37. The van der Waals surface area contributed by atoms with E-state index in [4.69, 9.17) is 14.2 Å². The topological polar surface area (TPSA) is 110 Å². The Hall–Kier alpha value is -4.29. The molecule has 4 aromatic rings. The summed E-state index contributed by atoms with van der Waals surface area (Å²) in [6.07, 6.45) is 4.96. The quantitative estimate of drug-likeness (QED) is 0.140. The molecule has 0 saturated carbocycles. The van der Waals surface area contributed by atoms with Crippen molar-refractivity contribution < 1.29 is 31.8 Å². The van der Waals surface area contributed by atoms with Crippen molar-refractivity contribution in [3.8, 4) is 23.0 Å². The van der Waals surface area contributed by atoms with Crippen molar-refractivity contribution in [1.29, 1.82) is 0 Å². The standard InChI is InChI=1S/C32H36FN4O6S/c1-22-8-6-15-37(21-22)16-7-17-42-31-20-26-24(19-30(31)41-3)28(13-14-34-26)43-29-12-11-23(18-25(29)33)35-44(39,40)32-10-5-4-9-27(32)36(2)38/h4-5,9-14,18-20,22,35H,6-8,15-17,21H2,1-3H3/q+1. The second-order valence-corrected chi connectivity index (χ2v) is 12.5. The number of rotatable bonds is 12. The van der Waals surface area contributed by atoms with Crippen molar-refractivity contribution in [1.82, 2.24) is 9.88 Å². The van der Waals surface area contributed by atoms with Crippen molar-refractivity contribution in [2.45, 2.75) is 31.1 Å². The molecule has 0 aliphatic carbocycles. The SMILES string of the molecule is COc1cc2c(Oc3ccc(NS(=O)(=O)c4ccccc4[N+](C)=O)cc3F)ccnc2cc1OCCCN1CCCC(C)C1. The lowest BCUT2D eigenvalue weighted by molar-refractivity contribution is -0.431. The molecule has 0 spiro atoms. The molecule has 12 heteroatoms. The third-order valence-electron chi connectivity index (χ3n) is 7.50. The van der Waals surface area contributed by atoms with Gasteiger partial charge < -0.3 is 19.1 Å². The molecule has 2 heterocycles. The van der Waals surface area contributed by atoms with E-state index in [2.05, 4.69) is 21.5 Å². The van der Waals surface area contributed by atoms with E-state index in [0.717, 1.165) is 38.0 Å². The van der Waals surface area contributed by atoms with Crippen LogP contribution in [-0.4, -0.2) is 63.5 Å². The van der Waals surface area contributed by atoms with Crippen LogP contribution in [0.25, 0.3) is 10.9 Å². The first-order chi connectivity index (χ1) is 21.1. The fraction of sp³-hybridized carbons (Fsp3) is 0.344. The summed E-state index contributed by atoms with van der Waals surface area (Å²) in [5.41, 5.74) is 0.507. The van der Waals surface area contributed by atoms with Crippen molar-refractivity contribution in [3.05, 3.63) is 77.6 Å². The van der Waals surface area contributed by atoms with E-state index >= 15 is 4.39 Å². The van der Waals surface area contributed by atoms with Crippen molar-refractivity contribution in [2.75, 3.05) is 45.1 Å². The number of piperidine rings is 1. The van der Waals surface area contributed by atoms with Crippen LogP contribution in [0.1, 0.15) is 26.2 Å². The number of halogens is 1. The van der Waals surface area contributed by atoms with Gasteiger partial charge in [0.1, 0.15) is 5.75 Å². The van der Waals surface area contributed by atoms with Gasteiger partial charge in [-0.3, -0.25) is 9.71 Å². The summed E-state index contributed by atoms with van der Waals surface area (Å²) in [5, 5.41) is 0.585. The molecule has 10 nitrogen and oxygen atoms in total. The number of anilines is 1. The Morgan fingerprint density at radius 1 is 1.07 bits per heavy atom. The fourth-order valence-corrected chi connectivity index (χ4v) is 6.65. The van der Waals surface area contributed by atoms with E-state index in [1.807, 2.05) is 0 Å². The van der Waals surface area contributed by atoms with Crippen LogP contribution >= 0.6 is 0 Å². The minimum atomic E-state index is -4.17. The van der Waals surface area contributed by atoms with E-state index in [9.17, 15) is 13.3 Å². The number of likely N-dealkylation sites (tertiary alicyclic amines) is 1. The highest BCUT2D eigenvalue weighted by molar-refractivity contribution is 7.92. The van der Waals surface area contributed by atoms with E-state index in [0.29, 0.717) is 39.5 Å². The van der Waals surface area contributed by atoms with Crippen LogP contribution in [0.15, 0.2) is 71.8 Å². The minimum absolute atomic E-state index is 0.0314. The van der Waals surface area contributed by atoms with Gasteiger partial charge in [-0.15, -0.1) is 0 Å². The zero-order valence-electron chi connectivity index (χ0n) is 25.0. The van der Waals surface area contributed by atoms with E-state index in [-0.39, 0.29) is 22.0 Å². The number of benzene rings is 3. The van der Waals surface area contributed by atoms with Gasteiger partial charge in [-0.2, -0.15) is 0 Å². The predicted octanol–water partition coefficient (Wildman–Crippen LogP) is 6.52. The van der Waals surface area contributed by atoms with Gasteiger partial charge in [0, 0.05) is 52.5 Å². The Kier molecular flexibility index (Phi) is 9.60. The number of nitrogens with one attached hydrogen (secondary N) is 1. The summed E-state index contributed by atoms with van der Waals surface area (Å²) in [7, 11) is -1.42. The maximum absolute atomic E-state index is 15.2. The van der Waals surface area contributed by atoms with Gasteiger partial charge in [0.25, 0.3) is 15.7 Å². The Morgan fingerprint density at radius 2 is 1.89 bits per heavy atom. The number of pyridine rings is 1. The molecule has 1 aromatic heterocycles. The first kappa shape index (κ1) is 31.1. The normalized spacial score (nSPS) is 15.6. The average Bonchev–Trinajstić information content (AvgIpc) is 3.00. The number of nitroso groups, excluding NO2 is 1. The van der Waals surface area contributed by atoms with Gasteiger partial charge in [0.2, 0.25) is 0 Å². The molecule has 1 unspecified atom stereocenters. The summed E-state index contributed by atoms with van der Waals surface area (Å²) in [5.74, 6) is 1.21. The number of hydrogen-bond donors (Lipinski definition) is 1. The summed E-state index contributed by atoms with van der Waals surface area (Å²) in [4.78, 5) is 18.5. The number of methoxy groups -OCH3 is 1. The number of nitrogens with zero attached hydrogens (tertiary/aromatic N) is 3. The molecule has 3 aromatic carbocycles. The molecule has 1 aliphatic rings. The molecular formula is C32H36FN4O6S+. The van der Waals surface area contributed by atoms with Gasteiger partial charge >= 0.3 is 0 Å². The molecule has 0 amide bonds. The highest BCUT2D eigenvalue weighted by Crippen LogP contribution is 2.38. The van der Waals surface area contributed by atoms with E-state index < -0.39 is 15.8 Å². The molecule has 232 valence electrons. The van der Waals surface area contributed by atoms with Crippen molar-refractivity contribution >= 4 is 32.3 Å². The molecule has 1 aliphatic heterocycles. The van der Waals surface area contributed by atoms with Crippen molar-refractivity contribution in [2.24, 2.45) is 5.92 Å². The molecule has 1 N–H and O–H groups in total. The van der Waals surface area contributed by atoms with Crippen LogP contribution in [0.5, 0.6) is 23.0 Å². The van der Waals surface area contributed by atoms with Crippen molar-refractivity contribution in [3.63, 3.8) is 0 Å². The van der Waals surface area contributed by atoms with Crippen LogP contribution in [0.4, 0.5) is 15.8 Å². The molecule has 1 atom stereocenters. The highest BCUT2D eigenvalue weighted by Gasteiger charge is 2.26. The maximum atomic E-state index is 15.2. The van der Waals surface area contributed by atoms with Gasteiger partial charge in [0.05, 0.1) is 24.9 Å². The van der Waals surface area contributed by atoms with Gasteiger partial charge in [-0.1, -0.05) is 19.1 Å². The zero-order chi connectivity index (χ0) is 31.3. The lowest BCUT2D eigenvalue weighted by Gasteiger charge is -2.30. The highest BCUT2D eigenvalue weighted by atomic mass is 32.2. The van der Waals surface area contributed by atoms with Crippen LogP contribution in [0.3, 0.4) is 0 Å². The first-order valence-corrected chi connectivity index (χ1v) is 15.9. The van der Waals surface area contributed by atoms with Gasteiger partial charge in [-0.25, -0.2) is 12.8 Å². The number of ether oxygens (including phenoxy) is 3. The lowest BCUT2D eigenvalue weighted by Crippen LogP contribution is -2.35. The smallest absolute Gasteiger partial charge is 0.276 e. The zero-order valence-corrected chi connectivity index (χ0v) is 25.8. The summed E-state index contributed by atoms with van der Waals surface area (Å²) < 4.78 is 61.4. The Labute approximate surface area is 256 Å². The Morgan fingerprint density at radius 3 is 2.64 bits per heavy atom. The number of sulfonamides is 1. The largest absolute Gasteiger partial charge is 0.493 e. The predicted molar refractivity (Wildman–Crippen MR) is 166 cm³/mol. The molecule has 44 heavy (non-hydrogen) atoms. The van der Waals surface area contributed by atoms with Gasteiger partial charge in [0.15, 0.2) is 35.0 Å². The molecule has 0 bridgehead atoms. The van der Waals surface area contributed by atoms with Crippen LogP contribution in [0, 0.1) is 16.6 Å². The number of para-hydroxylation sites is 1. The monoisotopic (exact) mass is 623 g/mol. The molecule has 0 radical (unpaired) electrons. The van der Waals surface area contributed by atoms with Crippen LogP contribution < -0.4 is 18.9 Å². The van der Waals surface area contributed by atoms with E-state index in [1.165, 1.54) is 50.2 Å². The third kappa shape index (κ3) is 7.25. The third-order valence-corrected chi connectivity index (χ3v) is 8.93. The molecule has 1 saturated heterocycles. The lowest BCUT2D eigenvalue weighted by atomic mass is 10.0. The van der Waals surface area contributed by atoms with E-state index in [1.54, 1.807) is 37.6 Å². The number of hydrogen-bond acceptors (Lipinski definition) is 8. The number of fused-ring (bicyclic) bond motifs is 1. The summed E-state index contributed by atoms with van der Waals surface area (Å²) >= 11 is 0. The number of aromatic nitrogens is 1. The Balaban J connectivity index is 1.29. The second-order valence-electron chi connectivity index (χ2n) is 10.9. The first-order valence-electron chi connectivity index (χ1n) is 14.5.